The Morgan fingerprint density at radius 3 is 2.34 bits per heavy atom. The Morgan fingerprint density at radius 2 is 1.51 bits per heavy atom. The molecule has 0 radical (unpaired) electrons. The highest BCUT2D eigenvalue weighted by molar-refractivity contribution is 5.97. The van der Waals surface area contributed by atoms with Crippen molar-refractivity contribution in [1.82, 2.24) is 4.98 Å². The van der Waals surface area contributed by atoms with E-state index in [9.17, 15) is 0 Å². The molecule has 2 aliphatic heterocycles. The summed E-state index contributed by atoms with van der Waals surface area (Å²) >= 11 is 0. The topological polar surface area (TPSA) is 47.0 Å². The first-order valence-electron chi connectivity index (χ1n) is 18.8. The molecule has 0 bridgehead atoms. The molecule has 1 aromatic heterocycles. The van der Waals surface area contributed by atoms with E-state index in [1.807, 2.05) is 12.3 Å². The minimum atomic E-state index is -0.227. The highest BCUT2D eigenvalue weighted by atomic mass is 16.5. The van der Waals surface area contributed by atoms with E-state index in [-0.39, 0.29) is 23.0 Å². The van der Waals surface area contributed by atoms with Crippen molar-refractivity contribution in [2.75, 3.05) is 4.90 Å². The number of hydrogen-bond acceptors (Lipinski definition) is 5. The lowest BCUT2D eigenvalue weighted by Crippen LogP contribution is -2.31. The highest BCUT2D eigenvalue weighted by Crippen LogP contribution is 2.53. The molecule has 0 fully saturated rings. The lowest BCUT2D eigenvalue weighted by molar-refractivity contribution is 0.182. The zero-order chi connectivity index (χ0) is 36.5. The number of ether oxygens (including phenoxy) is 2. The van der Waals surface area contributed by atoms with Crippen molar-refractivity contribution in [1.29, 1.82) is 0 Å². The normalized spacial score (nSPS) is 18.2. The van der Waals surface area contributed by atoms with Gasteiger partial charge in [-0.15, -0.1) is 0 Å². The van der Waals surface area contributed by atoms with E-state index in [1.54, 1.807) is 0 Å². The molecule has 2 atom stereocenters. The van der Waals surface area contributed by atoms with Crippen LogP contribution in [-0.2, 0) is 22.0 Å². The summed E-state index contributed by atoms with van der Waals surface area (Å²) in [6, 6.07) is 43.0. The maximum absolute atomic E-state index is 6.86. The van der Waals surface area contributed by atoms with Gasteiger partial charge in [0.05, 0.1) is 17.4 Å². The number of aliphatic imine (C=N–C) groups is 1. The average molecular weight is 696 g/mol. The number of anilines is 3. The van der Waals surface area contributed by atoms with Gasteiger partial charge in [-0.05, 0) is 112 Å². The van der Waals surface area contributed by atoms with E-state index >= 15 is 0 Å². The van der Waals surface area contributed by atoms with Crippen LogP contribution in [0.2, 0.25) is 0 Å². The summed E-state index contributed by atoms with van der Waals surface area (Å²) in [6.07, 6.45) is 3.86. The molecule has 3 heterocycles. The summed E-state index contributed by atoms with van der Waals surface area (Å²) in [5.41, 5.74) is 12.7. The number of benzene rings is 5. The Hall–Kier alpha value is -5.68. The predicted molar refractivity (Wildman–Crippen MR) is 215 cm³/mol. The van der Waals surface area contributed by atoms with Crippen LogP contribution in [0.3, 0.4) is 0 Å². The number of aromatic nitrogens is 1. The molecule has 264 valence electrons. The maximum Gasteiger partial charge on any atom is 0.217 e. The van der Waals surface area contributed by atoms with Gasteiger partial charge in [-0.2, -0.15) is 0 Å². The molecule has 0 saturated carbocycles. The van der Waals surface area contributed by atoms with Crippen LogP contribution in [0.4, 0.5) is 17.2 Å². The summed E-state index contributed by atoms with van der Waals surface area (Å²) in [5, 5.41) is 0. The van der Waals surface area contributed by atoms with Crippen molar-refractivity contribution < 1.29 is 9.47 Å². The molecule has 5 nitrogen and oxygen atoms in total. The van der Waals surface area contributed by atoms with Gasteiger partial charge in [0.2, 0.25) is 5.90 Å². The van der Waals surface area contributed by atoms with Gasteiger partial charge in [0.25, 0.3) is 0 Å². The van der Waals surface area contributed by atoms with Crippen molar-refractivity contribution in [2.24, 2.45) is 4.99 Å². The second kappa shape index (κ2) is 12.5. The van der Waals surface area contributed by atoms with E-state index in [0.717, 1.165) is 58.2 Å². The lowest BCUT2D eigenvalue weighted by Gasteiger charge is -2.41. The van der Waals surface area contributed by atoms with Crippen molar-refractivity contribution >= 4 is 23.1 Å². The number of fused-ring (bicyclic) bond motifs is 5. The highest BCUT2D eigenvalue weighted by Gasteiger charge is 2.39. The van der Waals surface area contributed by atoms with Gasteiger partial charge in [0, 0.05) is 23.2 Å². The summed E-state index contributed by atoms with van der Waals surface area (Å²) in [5.74, 6) is 3.05. The fourth-order valence-electron chi connectivity index (χ4n) is 8.43. The molecular formula is C48H45N3O2. The standard InChI is InChI=1S/C48H45N3O2/c1-30-13-12-16-38-37(30)20-22-41-45(38)53-46(50-41)33-25-32(31-14-8-7-9-15-31)26-36(27-33)52-35-19-21-40-43(29-35)51(42-18-11-10-17-39(42)48(40,5)6)44-28-34(23-24-49-44)47(2,3)4/h7-19,21,23-29,41,45H,20,22H2,1-6H3/t41-,45+/m1/s1. The van der Waals surface area contributed by atoms with E-state index in [1.165, 1.54) is 33.4 Å². The fraction of sp³-hybridized carbons (Fsp3) is 0.250. The Kier molecular flexibility index (Phi) is 7.81. The second-order valence-electron chi connectivity index (χ2n) is 16.2. The van der Waals surface area contributed by atoms with Gasteiger partial charge in [-0.25, -0.2) is 9.98 Å². The van der Waals surface area contributed by atoms with Crippen molar-refractivity contribution in [3.05, 3.63) is 166 Å². The first-order valence-corrected chi connectivity index (χ1v) is 18.8. The summed E-state index contributed by atoms with van der Waals surface area (Å²) in [6.45, 7) is 13.5. The number of aryl methyl sites for hydroxylation is 1. The van der Waals surface area contributed by atoms with Crippen molar-refractivity contribution in [3.63, 3.8) is 0 Å². The van der Waals surface area contributed by atoms with Crippen LogP contribution >= 0.6 is 0 Å². The molecule has 0 amide bonds. The van der Waals surface area contributed by atoms with Gasteiger partial charge in [0.1, 0.15) is 23.4 Å². The zero-order valence-corrected chi connectivity index (χ0v) is 31.4. The summed E-state index contributed by atoms with van der Waals surface area (Å²) in [4.78, 5) is 12.4. The van der Waals surface area contributed by atoms with Crippen LogP contribution < -0.4 is 9.64 Å². The van der Waals surface area contributed by atoms with Crippen molar-refractivity contribution in [2.45, 2.75) is 77.4 Å². The largest absolute Gasteiger partial charge is 0.467 e. The summed E-state index contributed by atoms with van der Waals surface area (Å²) < 4.78 is 13.6. The van der Waals surface area contributed by atoms with Gasteiger partial charge < -0.3 is 9.47 Å². The first-order chi connectivity index (χ1) is 25.5. The van der Waals surface area contributed by atoms with Crippen LogP contribution in [0.5, 0.6) is 11.5 Å². The number of pyridine rings is 1. The number of nitrogens with zero attached hydrogens (tertiary/aromatic N) is 3. The van der Waals surface area contributed by atoms with E-state index in [2.05, 4.69) is 162 Å². The predicted octanol–water partition coefficient (Wildman–Crippen LogP) is 12.1. The molecule has 9 rings (SSSR count). The number of hydrogen-bond donors (Lipinski definition) is 0. The first kappa shape index (κ1) is 33.2. The quantitative estimate of drug-likeness (QED) is 0.180. The van der Waals surface area contributed by atoms with E-state index in [4.69, 9.17) is 19.5 Å². The Bertz CT molecular complexity index is 2410. The third-order valence-electron chi connectivity index (χ3n) is 11.4. The zero-order valence-electron chi connectivity index (χ0n) is 31.4. The second-order valence-corrected chi connectivity index (χ2v) is 16.2. The van der Waals surface area contributed by atoms with Gasteiger partial charge in [-0.3, -0.25) is 4.90 Å². The minimum Gasteiger partial charge on any atom is -0.467 e. The monoisotopic (exact) mass is 695 g/mol. The average Bonchev–Trinajstić information content (AvgIpc) is 3.61. The molecule has 0 unspecified atom stereocenters. The minimum absolute atomic E-state index is 0.0189. The Morgan fingerprint density at radius 1 is 0.736 bits per heavy atom. The molecular weight excluding hydrogens is 651 g/mol. The fourth-order valence-corrected chi connectivity index (χ4v) is 8.43. The summed E-state index contributed by atoms with van der Waals surface area (Å²) in [7, 11) is 0. The van der Waals surface area contributed by atoms with Crippen LogP contribution in [0, 0.1) is 6.92 Å². The van der Waals surface area contributed by atoms with Gasteiger partial charge in [-0.1, -0.05) is 107 Å². The molecule has 6 aromatic rings. The maximum atomic E-state index is 6.86. The van der Waals surface area contributed by atoms with Crippen LogP contribution in [0.1, 0.15) is 86.1 Å². The molecule has 3 aliphatic rings. The van der Waals surface area contributed by atoms with Gasteiger partial charge in [0.15, 0.2) is 0 Å². The van der Waals surface area contributed by atoms with Gasteiger partial charge >= 0.3 is 0 Å². The number of rotatable bonds is 5. The molecule has 0 spiro atoms. The third-order valence-corrected chi connectivity index (χ3v) is 11.4. The molecule has 0 saturated heterocycles. The Labute approximate surface area is 313 Å². The smallest absolute Gasteiger partial charge is 0.217 e. The molecule has 5 aromatic carbocycles. The van der Waals surface area contributed by atoms with Crippen LogP contribution in [-0.4, -0.2) is 16.9 Å². The molecule has 0 N–H and O–H groups in total. The van der Waals surface area contributed by atoms with E-state index < -0.39 is 0 Å². The molecule has 1 aliphatic carbocycles. The van der Waals surface area contributed by atoms with Crippen LogP contribution in [0.15, 0.2) is 133 Å². The van der Waals surface area contributed by atoms with Crippen LogP contribution in [0.25, 0.3) is 11.1 Å². The molecule has 5 heteroatoms. The number of para-hydroxylation sites is 1. The molecule has 53 heavy (non-hydrogen) atoms. The third kappa shape index (κ3) is 5.79. The van der Waals surface area contributed by atoms with Crippen molar-refractivity contribution in [3.8, 4) is 22.6 Å². The van der Waals surface area contributed by atoms with E-state index in [0.29, 0.717) is 5.90 Å². The SMILES string of the molecule is Cc1cccc2c1CC[C@H]1N=C(c3cc(Oc4ccc5c(c4)N(c4cc(C(C)(C)C)ccn4)c4ccccc4C5(C)C)cc(-c4ccccc4)c3)O[C@@H]21. The Balaban J connectivity index is 1.13. The lowest BCUT2D eigenvalue weighted by atomic mass is 9.73.